The Hall–Kier alpha value is -2.34. The highest BCUT2D eigenvalue weighted by molar-refractivity contribution is 9.10. The van der Waals surface area contributed by atoms with Gasteiger partial charge in [0.05, 0.1) is 12.2 Å². The molecule has 0 bridgehead atoms. The Kier molecular flexibility index (Phi) is 4.39. The van der Waals surface area contributed by atoms with E-state index in [2.05, 4.69) is 26.2 Å². The highest BCUT2D eigenvalue weighted by Crippen LogP contribution is 2.15. The van der Waals surface area contributed by atoms with Gasteiger partial charge in [0.2, 0.25) is 0 Å². The molecule has 112 valence electrons. The lowest BCUT2D eigenvalue weighted by Crippen LogP contribution is -2.28. The molecule has 0 radical (unpaired) electrons. The van der Waals surface area contributed by atoms with Crippen LogP contribution in [0.3, 0.4) is 0 Å². The molecule has 0 aliphatic rings. The average Bonchev–Trinajstić information content (AvgIpc) is 2.95. The van der Waals surface area contributed by atoms with E-state index in [4.69, 9.17) is 4.74 Å². The summed E-state index contributed by atoms with van der Waals surface area (Å²) in [5.74, 6) is 0.478. The van der Waals surface area contributed by atoms with E-state index < -0.39 is 0 Å². The van der Waals surface area contributed by atoms with Crippen LogP contribution in [0, 0.1) is 0 Å². The summed E-state index contributed by atoms with van der Waals surface area (Å²) in [6, 6.07) is 13.1. The van der Waals surface area contributed by atoms with Crippen molar-refractivity contribution >= 4 is 27.5 Å². The maximum atomic E-state index is 11.8. The van der Waals surface area contributed by atoms with Crippen molar-refractivity contribution < 1.29 is 9.53 Å². The van der Waals surface area contributed by atoms with Crippen molar-refractivity contribution in [1.29, 1.82) is 0 Å². The largest absolute Gasteiger partial charge is 0.484 e. The lowest BCUT2D eigenvalue weighted by atomic mass is 10.3. The number of pyridine rings is 1. The zero-order valence-electron chi connectivity index (χ0n) is 11.7. The van der Waals surface area contributed by atoms with Crippen molar-refractivity contribution in [3.05, 3.63) is 65.0 Å². The number of hydrogen-bond donors (Lipinski definition) is 1. The van der Waals surface area contributed by atoms with Crippen molar-refractivity contribution in [2.45, 2.75) is 6.54 Å². The van der Waals surface area contributed by atoms with Crippen LogP contribution in [0.5, 0.6) is 5.75 Å². The molecule has 0 saturated carbocycles. The molecule has 1 N–H and O–H groups in total. The number of rotatable bonds is 5. The fraction of sp³-hybridized carbons (Fsp3) is 0.125. The zero-order valence-corrected chi connectivity index (χ0v) is 13.3. The molecule has 0 aliphatic carbocycles. The van der Waals surface area contributed by atoms with E-state index in [1.807, 2.05) is 47.1 Å². The number of carbonyl (C=O) groups is 1. The molecular formula is C16H14BrN3O2. The van der Waals surface area contributed by atoms with Crippen LogP contribution in [0.2, 0.25) is 0 Å². The molecule has 3 rings (SSSR count). The Morgan fingerprint density at radius 2 is 2.05 bits per heavy atom. The third-order valence-corrected chi connectivity index (χ3v) is 3.59. The second-order valence-electron chi connectivity index (χ2n) is 4.72. The molecule has 0 unspecified atom stereocenters. The Morgan fingerprint density at radius 1 is 1.23 bits per heavy atom. The average molecular weight is 360 g/mol. The van der Waals surface area contributed by atoms with Crippen LogP contribution in [-0.4, -0.2) is 21.9 Å². The smallest absolute Gasteiger partial charge is 0.258 e. The summed E-state index contributed by atoms with van der Waals surface area (Å²) in [5, 5.41) is 2.79. The van der Waals surface area contributed by atoms with Gasteiger partial charge in [-0.15, -0.1) is 0 Å². The number of hydrogen-bond acceptors (Lipinski definition) is 3. The molecule has 1 amide bonds. The van der Waals surface area contributed by atoms with Crippen LogP contribution in [0.4, 0.5) is 0 Å². The van der Waals surface area contributed by atoms with Gasteiger partial charge in [0.1, 0.15) is 11.4 Å². The third-order valence-electron chi connectivity index (χ3n) is 3.06. The van der Waals surface area contributed by atoms with Crippen LogP contribution < -0.4 is 10.1 Å². The standard InChI is InChI=1S/C16H14BrN3O2/c17-12-4-6-14(7-5-12)22-11-16(21)18-9-13-10-20-8-2-1-3-15(20)19-13/h1-8,10H,9,11H2,(H,18,21). The van der Waals surface area contributed by atoms with Gasteiger partial charge in [-0.3, -0.25) is 4.79 Å². The SMILES string of the molecule is O=C(COc1ccc(Br)cc1)NCc1cn2ccccc2n1. The van der Waals surface area contributed by atoms with Gasteiger partial charge in [0.25, 0.3) is 5.91 Å². The predicted molar refractivity (Wildman–Crippen MR) is 86.7 cm³/mol. The lowest BCUT2D eigenvalue weighted by molar-refractivity contribution is -0.123. The Morgan fingerprint density at radius 3 is 2.82 bits per heavy atom. The zero-order chi connectivity index (χ0) is 15.4. The number of imidazole rings is 1. The first-order valence-corrected chi connectivity index (χ1v) is 7.58. The maximum Gasteiger partial charge on any atom is 0.258 e. The van der Waals surface area contributed by atoms with E-state index in [0.29, 0.717) is 12.3 Å². The molecule has 0 saturated heterocycles. The minimum absolute atomic E-state index is 0.0188. The first-order chi connectivity index (χ1) is 10.7. The Labute approximate surface area is 136 Å². The van der Waals surface area contributed by atoms with Gasteiger partial charge in [-0.25, -0.2) is 4.98 Å². The summed E-state index contributed by atoms with van der Waals surface area (Å²) in [6.45, 7) is 0.360. The molecule has 6 heteroatoms. The van der Waals surface area contributed by atoms with Crippen LogP contribution in [0.1, 0.15) is 5.69 Å². The summed E-state index contributed by atoms with van der Waals surface area (Å²) in [5.41, 5.74) is 1.67. The fourth-order valence-electron chi connectivity index (χ4n) is 1.99. The summed E-state index contributed by atoms with van der Waals surface area (Å²) >= 11 is 3.35. The van der Waals surface area contributed by atoms with Gasteiger partial charge in [0.15, 0.2) is 6.61 Å². The van der Waals surface area contributed by atoms with Crippen LogP contribution in [0.25, 0.3) is 5.65 Å². The van der Waals surface area contributed by atoms with Crippen molar-refractivity contribution in [2.75, 3.05) is 6.61 Å². The molecule has 1 aromatic carbocycles. The number of nitrogens with zero attached hydrogens (tertiary/aromatic N) is 2. The number of amides is 1. The van der Waals surface area contributed by atoms with Gasteiger partial charge >= 0.3 is 0 Å². The van der Waals surface area contributed by atoms with Gasteiger partial charge in [-0.1, -0.05) is 22.0 Å². The van der Waals surface area contributed by atoms with E-state index in [0.717, 1.165) is 15.8 Å². The first-order valence-electron chi connectivity index (χ1n) is 6.78. The number of fused-ring (bicyclic) bond motifs is 1. The number of carbonyl (C=O) groups excluding carboxylic acids is 1. The van der Waals surface area contributed by atoms with Gasteiger partial charge in [0, 0.05) is 16.9 Å². The molecule has 3 aromatic rings. The highest BCUT2D eigenvalue weighted by atomic mass is 79.9. The highest BCUT2D eigenvalue weighted by Gasteiger charge is 2.05. The molecule has 0 spiro atoms. The number of benzene rings is 1. The maximum absolute atomic E-state index is 11.8. The monoisotopic (exact) mass is 359 g/mol. The van der Waals surface area contributed by atoms with Crippen molar-refractivity contribution in [1.82, 2.24) is 14.7 Å². The van der Waals surface area contributed by atoms with Gasteiger partial charge < -0.3 is 14.5 Å². The van der Waals surface area contributed by atoms with Crippen molar-refractivity contribution in [3.63, 3.8) is 0 Å². The Balaban J connectivity index is 1.50. The molecule has 2 aromatic heterocycles. The lowest BCUT2D eigenvalue weighted by Gasteiger charge is -2.06. The molecule has 0 atom stereocenters. The van der Waals surface area contributed by atoms with Crippen molar-refractivity contribution in [3.8, 4) is 5.75 Å². The minimum Gasteiger partial charge on any atom is -0.484 e. The molecule has 0 aliphatic heterocycles. The molecule has 2 heterocycles. The van der Waals surface area contributed by atoms with E-state index in [1.165, 1.54) is 0 Å². The normalized spacial score (nSPS) is 10.6. The topological polar surface area (TPSA) is 55.6 Å². The second-order valence-corrected chi connectivity index (χ2v) is 5.63. The van der Waals surface area contributed by atoms with Crippen LogP contribution in [-0.2, 0) is 11.3 Å². The molecule has 5 nitrogen and oxygen atoms in total. The van der Waals surface area contributed by atoms with Crippen LogP contribution in [0.15, 0.2) is 59.3 Å². The fourth-order valence-corrected chi connectivity index (χ4v) is 2.26. The van der Waals surface area contributed by atoms with Gasteiger partial charge in [-0.05, 0) is 36.4 Å². The third kappa shape index (κ3) is 3.65. The summed E-state index contributed by atoms with van der Waals surface area (Å²) in [6.07, 6.45) is 3.81. The van der Waals surface area contributed by atoms with E-state index in [1.54, 1.807) is 12.1 Å². The number of ether oxygens (including phenoxy) is 1. The first kappa shape index (κ1) is 14.6. The van der Waals surface area contributed by atoms with Crippen LogP contribution >= 0.6 is 15.9 Å². The summed E-state index contributed by atoms with van der Waals surface area (Å²) in [4.78, 5) is 16.2. The van der Waals surface area contributed by atoms with E-state index >= 15 is 0 Å². The summed E-state index contributed by atoms with van der Waals surface area (Å²) in [7, 11) is 0. The second kappa shape index (κ2) is 6.62. The number of aromatic nitrogens is 2. The minimum atomic E-state index is -0.181. The quantitative estimate of drug-likeness (QED) is 0.761. The Bertz CT molecular complexity index is 750. The molecular weight excluding hydrogens is 346 g/mol. The molecule has 22 heavy (non-hydrogen) atoms. The summed E-state index contributed by atoms with van der Waals surface area (Å²) < 4.78 is 8.30. The van der Waals surface area contributed by atoms with Crippen molar-refractivity contribution in [2.24, 2.45) is 0 Å². The predicted octanol–water partition coefficient (Wildman–Crippen LogP) is 2.79. The number of halogens is 1. The van der Waals surface area contributed by atoms with Gasteiger partial charge in [-0.2, -0.15) is 0 Å². The number of nitrogens with one attached hydrogen (secondary N) is 1. The van der Waals surface area contributed by atoms with E-state index in [9.17, 15) is 4.79 Å². The van der Waals surface area contributed by atoms with E-state index in [-0.39, 0.29) is 12.5 Å². The molecule has 0 fully saturated rings.